The molecule has 4 nitrogen and oxygen atoms in total. The lowest BCUT2D eigenvalue weighted by Crippen LogP contribution is -2.45. The van der Waals surface area contributed by atoms with Gasteiger partial charge >= 0.3 is 5.69 Å². The van der Waals surface area contributed by atoms with Crippen molar-refractivity contribution in [3.8, 4) is 0 Å². The third-order valence-corrected chi connectivity index (χ3v) is 8.51. The fraction of sp³-hybridized carbons (Fsp3) is 0.300. The van der Waals surface area contributed by atoms with Crippen molar-refractivity contribution < 1.29 is 17.6 Å². The first-order chi connectivity index (χ1) is 18.7. The van der Waals surface area contributed by atoms with Gasteiger partial charge in [0.15, 0.2) is 0 Å². The highest BCUT2D eigenvalue weighted by molar-refractivity contribution is 6.31. The summed E-state index contributed by atoms with van der Waals surface area (Å²) in [5, 5.41) is 0.562. The zero-order valence-electron chi connectivity index (χ0n) is 21.3. The maximum absolute atomic E-state index is 15.1. The number of nitrogens with one attached hydrogen (secondary N) is 1. The second-order valence-corrected chi connectivity index (χ2v) is 10.9. The van der Waals surface area contributed by atoms with Crippen molar-refractivity contribution in [2.24, 2.45) is 0 Å². The molecule has 1 atom stereocenters. The molecule has 3 aromatic carbocycles. The molecule has 0 radical (unpaired) electrons. The molecule has 1 aliphatic carbocycles. The Morgan fingerprint density at radius 3 is 2.02 bits per heavy atom. The molecule has 1 unspecified atom stereocenters. The van der Waals surface area contributed by atoms with Crippen molar-refractivity contribution in [2.45, 2.75) is 43.2 Å². The minimum absolute atomic E-state index is 0. The molecule has 4 aromatic rings. The molecule has 1 N–H and O–H groups in total. The largest absolute Gasteiger partial charge is 0.326 e. The summed E-state index contributed by atoms with van der Waals surface area (Å²) in [4.78, 5) is 17.9. The average molecular weight is 592 g/mol. The predicted molar refractivity (Wildman–Crippen MR) is 150 cm³/mol. The third-order valence-electron chi connectivity index (χ3n) is 8.27. The fourth-order valence-corrected chi connectivity index (χ4v) is 6.54. The number of hydrogen-bond acceptors (Lipinski definition) is 2. The van der Waals surface area contributed by atoms with Crippen LogP contribution in [0.15, 0.2) is 71.5 Å². The monoisotopic (exact) mass is 591 g/mol. The quantitative estimate of drug-likeness (QED) is 0.200. The number of aromatic amines is 1. The van der Waals surface area contributed by atoms with Crippen LogP contribution in [0.4, 0.5) is 17.6 Å². The Kier molecular flexibility index (Phi) is 7.88. The topological polar surface area (TPSA) is 41.0 Å². The zero-order chi connectivity index (χ0) is 27.3. The molecule has 6 rings (SSSR count). The van der Waals surface area contributed by atoms with Gasteiger partial charge in [0.05, 0.1) is 11.0 Å². The van der Waals surface area contributed by atoms with E-state index in [1.807, 2.05) is 12.1 Å². The highest BCUT2D eigenvalue weighted by atomic mass is 35.5. The summed E-state index contributed by atoms with van der Waals surface area (Å²) in [7, 11) is 0. The van der Waals surface area contributed by atoms with E-state index in [1.165, 1.54) is 12.1 Å². The molecule has 10 heteroatoms. The molecule has 1 aromatic heterocycles. The summed E-state index contributed by atoms with van der Waals surface area (Å²) in [5.74, 6) is -2.98. The molecule has 210 valence electrons. The molecule has 2 aliphatic rings. The predicted octanol–water partition coefficient (Wildman–Crippen LogP) is 7.30. The standard InChI is InChI=1S/C30H26ClF4N3O.ClH/c31-18-1-6-28-27(15-18)36-29(39)38(28)22-9-13-37(14-10-22)21-7-11-30(12-8-21,23-4-2-19(32)16-25(23)34)24-5-3-20(33)17-26(24)35;/h1-7,11,15-17,21-22H,8-10,12-14H2,(H,36,39);1H. The first-order valence-electron chi connectivity index (χ1n) is 13.0. The van der Waals surface area contributed by atoms with E-state index in [2.05, 4.69) is 9.88 Å². The van der Waals surface area contributed by atoms with Crippen molar-refractivity contribution >= 4 is 35.0 Å². The van der Waals surface area contributed by atoms with E-state index in [9.17, 15) is 13.6 Å². The van der Waals surface area contributed by atoms with Crippen molar-refractivity contribution in [3.05, 3.63) is 117 Å². The Bertz CT molecular complexity index is 1590. The van der Waals surface area contributed by atoms with E-state index in [0.29, 0.717) is 23.4 Å². The van der Waals surface area contributed by atoms with Gasteiger partial charge < -0.3 is 4.98 Å². The van der Waals surface area contributed by atoms with E-state index >= 15 is 8.78 Å². The summed E-state index contributed by atoms with van der Waals surface area (Å²) >= 11 is 6.08. The number of fused-ring (bicyclic) bond motifs is 1. The van der Waals surface area contributed by atoms with Crippen LogP contribution in [0.5, 0.6) is 0 Å². The Hall–Kier alpha value is -3.07. The number of rotatable bonds is 4. The normalized spacial score (nSPS) is 19.6. The van der Waals surface area contributed by atoms with Gasteiger partial charge in [-0.05, 0) is 56.0 Å². The third kappa shape index (κ3) is 4.97. The van der Waals surface area contributed by atoms with Gasteiger partial charge in [0.1, 0.15) is 23.3 Å². The number of piperidine rings is 1. The summed E-state index contributed by atoms with van der Waals surface area (Å²) < 4.78 is 59.4. The van der Waals surface area contributed by atoms with Crippen LogP contribution in [0.3, 0.4) is 0 Å². The van der Waals surface area contributed by atoms with Crippen molar-refractivity contribution in [1.82, 2.24) is 14.5 Å². The van der Waals surface area contributed by atoms with E-state index < -0.39 is 28.7 Å². The van der Waals surface area contributed by atoms with Gasteiger partial charge in [-0.2, -0.15) is 0 Å². The van der Waals surface area contributed by atoms with E-state index in [-0.39, 0.29) is 41.3 Å². The maximum atomic E-state index is 15.1. The van der Waals surface area contributed by atoms with E-state index in [0.717, 1.165) is 55.7 Å². The lowest BCUT2D eigenvalue weighted by Gasteiger charge is -2.42. The van der Waals surface area contributed by atoms with Crippen LogP contribution < -0.4 is 5.69 Å². The van der Waals surface area contributed by atoms with Crippen LogP contribution in [-0.4, -0.2) is 33.6 Å². The first kappa shape index (κ1) is 28.5. The summed E-state index contributed by atoms with van der Waals surface area (Å²) in [6.07, 6.45) is 6.24. The Labute approximate surface area is 239 Å². The molecule has 0 amide bonds. The highest BCUT2D eigenvalue weighted by Gasteiger charge is 2.40. The number of benzene rings is 3. The van der Waals surface area contributed by atoms with Crippen molar-refractivity contribution in [3.63, 3.8) is 0 Å². The number of halogens is 6. The number of allylic oxidation sites excluding steroid dienone is 1. The molecule has 0 spiro atoms. The first-order valence-corrected chi connectivity index (χ1v) is 13.4. The molecule has 0 saturated carbocycles. The second-order valence-electron chi connectivity index (χ2n) is 10.4. The maximum Gasteiger partial charge on any atom is 0.326 e. The lowest BCUT2D eigenvalue weighted by atomic mass is 9.67. The number of aromatic nitrogens is 2. The second kappa shape index (κ2) is 11.1. The van der Waals surface area contributed by atoms with Crippen molar-refractivity contribution in [1.29, 1.82) is 0 Å². The van der Waals surface area contributed by atoms with Crippen molar-refractivity contribution in [2.75, 3.05) is 13.1 Å². The van der Waals surface area contributed by atoms with Gasteiger partial charge in [0.2, 0.25) is 0 Å². The number of likely N-dealkylation sites (tertiary alicyclic amines) is 1. The van der Waals surface area contributed by atoms with Gasteiger partial charge in [-0.1, -0.05) is 35.9 Å². The van der Waals surface area contributed by atoms with E-state index in [1.54, 1.807) is 22.8 Å². The average Bonchev–Trinajstić information content (AvgIpc) is 3.23. The van der Waals surface area contributed by atoms with Crippen LogP contribution in [0.25, 0.3) is 11.0 Å². The number of nitrogens with zero attached hydrogens (tertiary/aromatic N) is 2. The Morgan fingerprint density at radius 2 is 1.48 bits per heavy atom. The zero-order valence-corrected chi connectivity index (χ0v) is 22.9. The van der Waals surface area contributed by atoms with E-state index in [4.69, 9.17) is 11.6 Å². The highest BCUT2D eigenvalue weighted by Crippen LogP contribution is 2.44. The molecule has 1 saturated heterocycles. The van der Waals surface area contributed by atoms with Gasteiger partial charge in [-0.3, -0.25) is 9.47 Å². The van der Waals surface area contributed by atoms with Crippen LogP contribution >= 0.6 is 24.0 Å². The number of H-pyrrole nitrogens is 1. The molecular weight excluding hydrogens is 565 g/mol. The smallest absolute Gasteiger partial charge is 0.305 e. The number of imidazole rings is 1. The summed E-state index contributed by atoms with van der Waals surface area (Å²) in [6, 6.07) is 12.0. The molecule has 0 bridgehead atoms. The summed E-state index contributed by atoms with van der Waals surface area (Å²) in [5.41, 5.74) is 0.498. The fourth-order valence-electron chi connectivity index (χ4n) is 6.37. The Morgan fingerprint density at radius 1 is 0.850 bits per heavy atom. The minimum atomic E-state index is -1.19. The van der Waals surface area contributed by atoms with Crippen LogP contribution in [0.2, 0.25) is 5.02 Å². The lowest BCUT2D eigenvalue weighted by molar-refractivity contribution is 0.143. The SMILES string of the molecule is Cl.O=c1[nH]c2cc(Cl)ccc2n1C1CCN(C2C=CC(c3ccc(F)cc3F)(c3ccc(F)cc3F)CC2)CC1. The van der Waals surface area contributed by atoms with Gasteiger partial charge in [-0.25, -0.2) is 22.4 Å². The number of hydrogen-bond donors (Lipinski definition) is 1. The summed E-state index contributed by atoms with van der Waals surface area (Å²) in [6.45, 7) is 1.49. The molecule has 40 heavy (non-hydrogen) atoms. The molecule has 2 heterocycles. The van der Waals surface area contributed by atoms with Crippen LogP contribution in [-0.2, 0) is 5.41 Å². The van der Waals surface area contributed by atoms with Gasteiger partial charge in [0.25, 0.3) is 0 Å². The molecule has 1 aliphatic heterocycles. The van der Waals surface area contributed by atoms with Gasteiger partial charge in [0, 0.05) is 58.9 Å². The van der Waals surface area contributed by atoms with Gasteiger partial charge in [-0.15, -0.1) is 12.4 Å². The van der Waals surface area contributed by atoms with Crippen LogP contribution in [0.1, 0.15) is 42.9 Å². The molecule has 1 fully saturated rings. The molecular formula is C30H27Cl2F4N3O. The minimum Gasteiger partial charge on any atom is -0.305 e. The van der Waals surface area contributed by atoms with Crippen LogP contribution in [0, 0.1) is 23.3 Å². The Balaban J connectivity index is 0.00000323.